The summed E-state index contributed by atoms with van der Waals surface area (Å²) in [5, 5.41) is 7.20. The lowest BCUT2D eigenvalue weighted by atomic mass is 10.1. The Balaban J connectivity index is 1.63. The van der Waals surface area contributed by atoms with Gasteiger partial charge in [0.2, 0.25) is 5.91 Å². The highest BCUT2D eigenvalue weighted by Crippen LogP contribution is 2.15. The monoisotopic (exact) mass is 423 g/mol. The van der Waals surface area contributed by atoms with Crippen LogP contribution in [-0.2, 0) is 19.1 Å². The molecule has 0 aromatic heterocycles. The minimum atomic E-state index is -0.759. The molecule has 0 aliphatic carbocycles. The Morgan fingerprint density at radius 1 is 1.00 bits per heavy atom. The zero-order valence-electron chi connectivity index (χ0n) is 17.4. The van der Waals surface area contributed by atoms with Gasteiger partial charge >= 0.3 is 12.0 Å². The Morgan fingerprint density at radius 2 is 1.74 bits per heavy atom. The van der Waals surface area contributed by atoms with E-state index in [4.69, 9.17) is 4.74 Å². The predicted molar refractivity (Wildman–Crippen MR) is 117 cm³/mol. The van der Waals surface area contributed by atoms with Gasteiger partial charge < -0.3 is 15.4 Å². The number of anilines is 1. The van der Waals surface area contributed by atoms with Gasteiger partial charge in [-0.05, 0) is 37.1 Å². The molecule has 0 spiro atoms. The summed E-state index contributed by atoms with van der Waals surface area (Å²) in [5.74, 6) is -1.78. The highest BCUT2D eigenvalue weighted by molar-refractivity contribution is 6.02. The van der Waals surface area contributed by atoms with Crippen molar-refractivity contribution in [3.05, 3.63) is 71.3 Å². The van der Waals surface area contributed by atoms with Crippen molar-refractivity contribution in [1.82, 2.24) is 10.6 Å². The Morgan fingerprint density at radius 3 is 2.45 bits per heavy atom. The molecular formula is C23H25N3O5. The molecule has 0 fully saturated rings. The van der Waals surface area contributed by atoms with Crippen molar-refractivity contribution in [2.24, 2.45) is 0 Å². The van der Waals surface area contributed by atoms with E-state index in [9.17, 15) is 19.2 Å². The van der Waals surface area contributed by atoms with Gasteiger partial charge in [-0.2, -0.15) is 0 Å². The summed E-state index contributed by atoms with van der Waals surface area (Å²) >= 11 is 0. The molecule has 0 aliphatic heterocycles. The molecular weight excluding hydrogens is 398 g/mol. The first-order valence-corrected chi connectivity index (χ1v) is 9.68. The molecule has 8 nitrogen and oxygen atoms in total. The van der Waals surface area contributed by atoms with Gasteiger partial charge in [0, 0.05) is 18.3 Å². The summed E-state index contributed by atoms with van der Waals surface area (Å²) in [6, 6.07) is 14.1. The summed E-state index contributed by atoms with van der Waals surface area (Å²) in [5.41, 5.74) is 3.36. The van der Waals surface area contributed by atoms with E-state index in [1.54, 1.807) is 12.1 Å². The standard InChI is InChI=1S/C23H25N3O5/c1-16-8-10-19(17(2)14-16)25-23(30)26-21(28)15-31-22(29)12-13-24-20(27)11-9-18-6-4-3-5-7-18/h3-11,14H,12-13,15H2,1-2H3,(H,24,27)(H2,25,26,28,30)/b11-9+. The number of nitrogens with one attached hydrogen (secondary N) is 3. The minimum absolute atomic E-state index is 0.0611. The summed E-state index contributed by atoms with van der Waals surface area (Å²) in [6.07, 6.45) is 2.91. The zero-order valence-corrected chi connectivity index (χ0v) is 17.4. The van der Waals surface area contributed by atoms with Crippen LogP contribution < -0.4 is 16.0 Å². The van der Waals surface area contributed by atoms with E-state index in [-0.39, 0.29) is 18.9 Å². The van der Waals surface area contributed by atoms with Crippen LogP contribution in [0.3, 0.4) is 0 Å². The van der Waals surface area contributed by atoms with Crippen LogP contribution in [0.25, 0.3) is 6.08 Å². The molecule has 3 N–H and O–H groups in total. The number of aryl methyl sites for hydroxylation is 2. The Kier molecular flexibility index (Phi) is 8.97. The number of amides is 4. The van der Waals surface area contributed by atoms with Gasteiger partial charge in [-0.1, -0.05) is 48.0 Å². The average Bonchev–Trinajstić information content (AvgIpc) is 2.73. The van der Waals surface area contributed by atoms with Crippen LogP contribution in [-0.4, -0.2) is 37.0 Å². The van der Waals surface area contributed by atoms with Crippen LogP contribution in [0.2, 0.25) is 0 Å². The van der Waals surface area contributed by atoms with Crippen LogP contribution >= 0.6 is 0 Å². The van der Waals surface area contributed by atoms with E-state index < -0.39 is 24.5 Å². The SMILES string of the molecule is Cc1ccc(NC(=O)NC(=O)COC(=O)CCNC(=O)/C=C/c2ccccc2)c(C)c1. The number of esters is 1. The van der Waals surface area contributed by atoms with Crippen molar-refractivity contribution in [3.63, 3.8) is 0 Å². The number of urea groups is 1. The molecule has 0 heterocycles. The van der Waals surface area contributed by atoms with Gasteiger partial charge in [0.1, 0.15) is 0 Å². The van der Waals surface area contributed by atoms with Crippen LogP contribution in [0.1, 0.15) is 23.1 Å². The predicted octanol–water partition coefficient (Wildman–Crippen LogP) is 2.71. The topological polar surface area (TPSA) is 114 Å². The molecule has 2 aromatic carbocycles. The van der Waals surface area contributed by atoms with Crippen LogP contribution in [0.15, 0.2) is 54.6 Å². The molecule has 2 aromatic rings. The number of ether oxygens (including phenoxy) is 1. The van der Waals surface area contributed by atoms with Crippen LogP contribution in [0.4, 0.5) is 10.5 Å². The van der Waals surface area contributed by atoms with Gasteiger partial charge in [0.25, 0.3) is 5.91 Å². The minimum Gasteiger partial charge on any atom is -0.456 e. The summed E-state index contributed by atoms with van der Waals surface area (Å²) < 4.78 is 4.81. The van der Waals surface area contributed by atoms with Gasteiger partial charge in [0.15, 0.2) is 6.61 Å². The van der Waals surface area contributed by atoms with Gasteiger partial charge in [-0.25, -0.2) is 4.79 Å². The smallest absolute Gasteiger partial charge is 0.325 e. The van der Waals surface area contributed by atoms with Crippen molar-refractivity contribution in [2.45, 2.75) is 20.3 Å². The van der Waals surface area contributed by atoms with Gasteiger partial charge in [-0.3, -0.25) is 19.7 Å². The number of benzene rings is 2. The maximum atomic E-state index is 11.9. The van der Waals surface area contributed by atoms with Crippen molar-refractivity contribution in [1.29, 1.82) is 0 Å². The maximum Gasteiger partial charge on any atom is 0.325 e. The lowest BCUT2D eigenvalue weighted by molar-refractivity contribution is -0.148. The molecule has 8 heteroatoms. The first kappa shape index (κ1) is 23.3. The van der Waals surface area contributed by atoms with E-state index in [1.165, 1.54) is 6.08 Å². The molecule has 2 rings (SSSR count). The second kappa shape index (κ2) is 11.9. The number of rotatable bonds is 8. The Bertz CT molecular complexity index is 970. The van der Waals surface area contributed by atoms with Gasteiger partial charge in [0.05, 0.1) is 6.42 Å². The normalized spacial score (nSPS) is 10.4. The lowest BCUT2D eigenvalue weighted by Gasteiger charge is -2.10. The summed E-state index contributed by atoms with van der Waals surface area (Å²) in [4.78, 5) is 47.0. The van der Waals surface area contributed by atoms with Crippen molar-refractivity contribution >= 4 is 35.6 Å². The van der Waals surface area contributed by atoms with E-state index in [1.807, 2.05) is 56.3 Å². The largest absolute Gasteiger partial charge is 0.456 e. The highest BCUT2D eigenvalue weighted by atomic mass is 16.5. The van der Waals surface area contributed by atoms with E-state index >= 15 is 0 Å². The molecule has 4 amide bonds. The number of hydrogen-bond donors (Lipinski definition) is 3. The average molecular weight is 423 g/mol. The molecule has 0 aliphatic rings. The van der Waals surface area contributed by atoms with Crippen molar-refractivity contribution in [3.8, 4) is 0 Å². The van der Waals surface area contributed by atoms with E-state index in [0.717, 1.165) is 16.7 Å². The van der Waals surface area contributed by atoms with Gasteiger partial charge in [-0.15, -0.1) is 0 Å². The fraction of sp³-hybridized carbons (Fsp3) is 0.217. The fourth-order valence-electron chi connectivity index (χ4n) is 2.57. The van der Waals surface area contributed by atoms with Crippen molar-refractivity contribution < 1.29 is 23.9 Å². The summed E-state index contributed by atoms with van der Waals surface area (Å²) in [7, 11) is 0. The molecule has 0 saturated heterocycles. The van der Waals surface area contributed by atoms with Crippen molar-refractivity contribution in [2.75, 3.05) is 18.5 Å². The van der Waals surface area contributed by atoms with Crippen LogP contribution in [0, 0.1) is 13.8 Å². The molecule has 0 radical (unpaired) electrons. The van der Waals surface area contributed by atoms with E-state index in [0.29, 0.717) is 5.69 Å². The third kappa shape index (κ3) is 8.95. The third-order valence-corrected chi connectivity index (χ3v) is 4.10. The Hall–Kier alpha value is -3.94. The molecule has 0 atom stereocenters. The second-order valence-corrected chi connectivity index (χ2v) is 6.77. The zero-order chi connectivity index (χ0) is 22.6. The number of carbonyl (C=O) groups excluding carboxylic acids is 4. The third-order valence-electron chi connectivity index (χ3n) is 4.10. The Labute approximate surface area is 180 Å². The quantitative estimate of drug-likeness (QED) is 0.446. The van der Waals surface area contributed by atoms with Crippen LogP contribution in [0.5, 0.6) is 0 Å². The summed E-state index contributed by atoms with van der Waals surface area (Å²) in [6.45, 7) is 3.23. The number of hydrogen-bond acceptors (Lipinski definition) is 5. The second-order valence-electron chi connectivity index (χ2n) is 6.77. The molecule has 0 saturated carbocycles. The molecule has 0 bridgehead atoms. The first-order valence-electron chi connectivity index (χ1n) is 9.68. The number of imide groups is 1. The fourth-order valence-corrected chi connectivity index (χ4v) is 2.57. The number of carbonyl (C=O) groups is 4. The molecule has 162 valence electrons. The van der Waals surface area contributed by atoms with E-state index in [2.05, 4.69) is 16.0 Å². The maximum absolute atomic E-state index is 11.9. The lowest BCUT2D eigenvalue weighted by Crippen LogP contribution is -2.37. The molecule has 0 unspecified atom stereocenters. The highest BCUT2D eigenvalue weighted by Gasteiger charge is 2.12. The first-order chi connectivity index (χ1) is 14.8. The molecule has 31 heavy (non-hydrogen) atoms.